The van der Waals surface area contributed by atoms with Crippen LogP contribution in [-0.4, -0.2) is 20.2 Å². The predicted molar refractivity (Wildman–Crippen MR) is 87.5 cm³/mol. The van der Waals surface area contributed by atoms with Crippen LogP contribution in [0.25, 0.3) is 0 Å². The van der Waals surface area contributed by atoms with Crippen LogP contribution in [0, 0.1) is 5.82 Å². The Morgan fingerprint density at radius 2 is 1.96 bits per heavy atom. The average Bonchev–Trinajstić information content (AvgIpc) is 3.02. The number of nitrogens with zero attached hydrogens (tertiary/aromatic N) is 4. The molecule has 0 amide bonds. The van der Waals surface area contributed by atoms with Crippen LogP contribution in [0.5, 0.6) is 0 Å². The van der Waals surface area contributed by atoms with Gasteiger partial charge in [0.2, 0.25) is 5.95 Å². The fourth-order valence-corrected chi connectivity index (χ4v) is 3.47. The predicted octanol–water partition coefficient (Wildman–Crippen LogP) is 3.72. The lowest BCUT2D eigenvalue weighted by atomic mass is 9.93. The van der Waals surface area contributed by atoms with E-state index < -0.39 is 0 Å². The summed E-state index contributed by atoms with van der Waals surface area (Å²) in [6, 6.07) is 14.9. The smallest absolute Gasteiger partial charge is 0.243 e. The zero-order chi connectivity index (χ0) is 15.8. The number of fused-ring (bicyclic) bond motifs is 1. The Hall–Kier alpha value is -2.28. The van der Waals surface area contributed by atoms with Gasteiger partial charge in [0.15, 0.2) is 0 Å². The van der Waals surface area contributed by atoms with E-state index in [2.05, 4.69) is 48.9 Å². The largest absolute Gasteiger partial charge is 0.346 e. The summed E-state index contributed by atoms with van der Waals surface area (Å²) in [5.74, 6) is 0.327. The van der Waals surface area contributed by atoms with Gasteiger partial charge in [0.25, 0.3) is 0 Å². The minimum atomic E-state index is -0.266. The lowest BCUT2D eigenvalue weighted by Gasteiger charge is -2.31. The first kappa shape index (κ1) is 14.3. The molecule has 116 valence electrons. The Balaban J connectivity index is 1.75. The number of hydrogen-bond acceptors (Lipinski definition) is 4. The third kappa shape index (κ3) is 2.72. The number of tetrazole rings is 1. The lowest BCUT2D eigenvalue weighted by molar-refractivity contribution is 0.423. The number of hydrogen-bond donors (Lipinski definition) is 1. The van der Waals surface area contributed by atoms with Gasteiger partial charge in [0, 0.05) is 4.47 Å². The standard InChI is InChI=1S/C16H13BrFN5/c17-12-6-11(7-13(18)8-12)14-9-15(10-4-2-1-3-5-10)23-16(19-14)20-21-22-23/h1-8,14-15H,9H2,(H,19,20,22). The third-order valence-corrected chi connectivity index (χ3v) is 4.48. The molecule has 0 aliphatic carbocycles. The van der Waals surface area contributed by atoms with Crippen molar-refractivity contribution in [1.82, 2.24) is 20.2 Å². The molecule has 1 aliphatic heterocycles. The second kappa shape index (κ2) is 5.73. The van der Waals surface area contributed by atoms with Gasteiger partial charge in [-0.15, -0.1) is 0 Å². The number of rotatable bonds is 2. The maximum absolute atomic E-state index is 13.7. The van der Waals surface area contributed by atoms with Crippen molar-refractivity contribution in [1.29, 1.82) is 0 Å². The molecule has 0 saturated carbocycles. The highest BCUT2D eigenvalue weighted by molar-refractivity contribution is 9.10. The number of aromatic nitrogens is 4. The van der Waals surface area contributed by atoms with Crippen molar-refractivity contribution in [3.8, 4) is 0 Å². The molecular weight excluding hydrogens is 361 g/mol. The highest BCUT2D eigenvalue weighted by Gasteiger charge is 2.30. The van der Waals surface area contributed by atoms with Crippen LogP contribution in [0.15, 0.2) is 53.0 Å². The molecule has 2 heterocycles. The van der Waals surface area contributed by atoms with Crippen LogP contribution in [0.3, 0.4) is 0 Å². The van der Waals surface area contributed by atoms with Crippen molar-refractivity contribution in [2.45, 2.75) is 18.5 Å². The van der Waals surface area contributed by atoms with E-state index in [4.69, 9.17) is 0 Å². The van der Waals surface area contributed by atoms with E-state index in [9.17, 15) is 4.39 Å². The molecule has 0 fully saturated rings. The second-order valence-corrected chi connectivity index (χ2v) is 6.42. The Kier molecular flexibility index (Phi) is 3.57. The van der Waals surface area contributed by atoms with E-state index in [1.54, 1.807) is 10.7 Å². The summed E-state index contributed by atoms with van der Waals surface area (Å²) in [5.41, 5.74) is 2.00. The van der Waals surface area contributed by atoms with Crippen molar-refractivity contribution in [2.24, 2.45) is 0 Å². The topological polar surface area (TPSA) is 55.6 Å². The third-order valence-electron chi connectivity index (χ3n) is 4.02. The summed E-state index contributed by atoms with van der Waals surface area (Å²) >= 11 is 3.35. The van der Waals surface area contributed by atoms with Crippen molar-refractivity contribution in [2.75, 3.05) is 5.32 Å². The van der Waals surface area contributed by atoms with Crippen LogP contribution in [-0.2, 0) is 0 Å². The summed E-state index contributed by atoms with van der Waals surface area (Å²) in [6.07, 6.45) is 0.734. The Bertz CT molecular complexity index is 815. The molecule has 3 aromatic rings. The van der Waals surface area contributed by atoms with Gasteiger partial charge in [0.1, 0.15) is 5.82 Å². The fourth-order valence-electron chi connectivity index (χ4n) is 2.98. The maximum Gasteiger partial charge on any atom is 0.243 e. The van der Waals surface area contributed by atoms with Gasteiger partial charge in [-0.3, -0.25) is 0 Å². The summed E-state index contributed by atoms with van der Waals surface area (Å²) in [6.45, 7) is 0. The molecule has 0 spiro atoms. The van der Waals surface area contributed by atoms with Gasteiger partial charge in [-0.1, -0.05) is 51.4 Å². The monoisotopic (exact) mass is 373 g/mol. The summed E-state index contributed by atoms with van der Waals surface area (Å²) < 4.78 is 16.2. The first-order chi connectivity index (χ1) is 11.2. The summed E-state index contributed by atoms with van der Waals surface area (Å²) in [5, 5.41) is 15.2. The molecule has 0 bridgehead atoms. The van der Waals surface area contributed by atoms with Crippen LogP contribution in [0.4, 0.5) is 10.3 Å². The summed E-state index contributed by atoms with van der Waals surface area (Å²) in [4.78, 5) is 0. The van der Waals surface area contributed by atoms with Crippen molar-refractivity contribution < 1.29 is 4.39 Å². The van der Waals surface area contributed by atoms with Gasteiger partial charge >= 0.3 is 0 Å². The van der Waals surface area contributed by atoms with Crippen molar-refractivity contribution >= 4 is 21.9 Å². The lowest BCUT2D eigenvalue weighted by Crippen LogP contribution is -2.28. The van der Waals surface area contributed by atoms with E-state index in [0.717, 1.165) is 22.0 Å². The number of benzene rings is 2. The second-order valence-electron chi connectivity index (χ2n) is 5.51. The van der Waals surface area contributed by atoms with E-state index in [1.807, 2.05) is 24.3 Å². The number of anilines is 1. The van der Waals surface area contributed by atoms with Crippen LogP contribution < -0.4 is 5.32 Å². The van der Waals surface area contributed by atoms with Gasteiger partial charge < -0.3 is 5.32 Å². The van der Waals surface area contributed by atoms with E-state index >= 15 is 0 Å². The molecule has 2 aromatic carbocycles. The van der Waals surface area contributed by atoms with Gasteiger partial charge in [-0.05, 0) is 46.2 Å². The van der Waals surface area contributed by atoms with Crippen molar-refractivity contribution in [3.63, 3.8) is 0 Å². The molecular formula is C16H13BrFN5. The van der Waals surface area contributed by atoms with Crippen LogP contribution >= 0.6 is 15.9 Å². The minimum absolute atomic E-state index is 0.00879. The van der Waals surface area contributed by atoms with Crippen LogP contribution in [0.2, 0.25) is 0 Å². The number of nitrogens with one attached hydrogen (secondary N) is 1. The average molecular weight is 374 g/mol. The normalized spacial score (nSPS) is 19.9. The number of halogens is 2. The first-order valence-electron chi connectivity index (χ1n) is 7.26. The highest BCUT2D eigenvalue weighted by atomic mass is 79.9. The van der Waals surface area contributed by atoms with Crippen LogP contribution in [0.1, 0.15) is 29.6 Å². The summed E-state index contributed by atoms with van der Waals surface area (Å²) in [7, 11) is 0. The molecule has 1 aliphatic rings. The van der Waals surface area contributed by atoms with Gasteiger partial charge in [-0.2, -0.15) is 0 Å². The Morgan fingerprint density at radius 1 is 1.13 bits per heavy atom. The van der Waals surface area contributed by atoms with Gasteiger partial charge in [0.05, 0.1) is 12.1 Å². The Labute approximate surface area is 140 Å². The zero-order valence-corrected chi connectivity index (χ0v) is 13.6. The molecule has 7 heteroatoms. The molecule has 2 atom stereocenters. The molecule has 1 N–H and O–H groups in total. The van der Waals surface area contributed by atoms with Crippen molar-refractivity contribution in [3.05, 3.63) is 69.9 Å². The fraction of sp³-hybridized carbons (Fsp3) is 0.188. The van der Waals surface area contributed by atoms with E-state index in [1.165, 1.54) is 6.07 Å². The molecule has 0 saturated heterocycles. The first-order valence-corrected chi connectivity index (χ1v) is 8.05. The zero-order valence-electron chi connectivity index (χ0n) is 12.0. The molecule has 1 aromatic heterocycles. The highest BCUT2D eigenvalue weighted by Crippen LogP contribution is 2.37. The van der Waals surface area contributed by atoms with E-state index in [-0.39, 0.29) is 17.9 Å². The Morgan fingerprint density at radius 3 is 2.74 bits per heavy atom. The molecule has 0 radical (unpaired) electrons. The SMILES string of the molecule is Fc1cc(Br)cc(C2CC(c3ccccc3)n3nnnc3N2)c1. The molecule has 5 nitrogen and oxygen atoms in total. The minimum Gasteiger partial charge on any atom is -0.346 e. The van der Waals surface area contributed by atoms with Gasteiger partial charge in [-0.25, -0.2) is 9.07 Å². The maximum atomic E-state index is 13.7. The quantitative estimate of drug-likeness (QED) is 0.743. The molecule has 4 rings (SSSR count). The van der Waals surface area contributed by atoms with E-state index in [0.29, 0.717) is 5.95 Å². The molecule has 23 heavy (non-hydrogen) atoms. The molecule has 2 unspecified atom stereocenters.